The highest BCUT2D eigenvalue weighted by atomic mass is 16.5. The van der Waals surface area contributed by atoms with E-state index < -0.39 is 0 Å². The highest BCUT2D eigenvalue weighted by Gasteiger charge is 2.40. The van der Waals surface area contributed by atoms with Gasteiger partial charge in [0, 0.05) is 0 Å². The van der Waals surface area contributed by atoms with E-state index in [1.54, 1.807) is 24.3 Å². The molecule has 0 saturated heterocycles. The van der Waals surface area contributed by atoms with Crippen LogP contribution in [0.15, 0.2) is 54.6 Å². The molecule has 0 radical (unpaired) electrons. The summed E-state index contributed by atoms with van der Waals surface area (Å²) in [7, 11) is 0. The van der Waals surface area contributed by atoms with Gasteiger partial charge in [-0.15, -0.1) is 0 Å². The number of benzene rings is 2. The van der Waals surface area contributed by atoms with Crippen LogP contribution in [0.2, 0.25) is 0 Å². The van der Waals surface area contributed by atoms with Gasteiger partial charge in [0.05, 0.1) is 29.9 Å². The second kappa shape index (κ2) is 7.83. The van der Waals surface area contributed by atoms with Crippen LogP contribution in [0.5, 0.6) is 0 Å². The zero-order valence-electron chi connectivity index (χ0n) is 15.5. The summed E-state index contributed by atoms with van der Waals surface area (Å²) in [6.07, 6.45) is 0.639. The molecule has 3 rings (SSSR count). The summed E-state index contributed by atoms with van der Waals surface area (Å²) in [5.41, 5.74) is 2.04. The number of amides is 2. The maximum Gasteiger partial charge on any atom is 0.261 e. The van der Waals surface area contributed by atoms with Crippen LogP contribution in [0, 0.1) is 5.92 Å². The molecular formula is C22H25NO3. The Hall–Kier alpha value is -2.46. The van der Waals surface area contributed by atoms with Gasteiger partial charge in [-0.05, 0) is 37.0 Å². The van der Waals surface area contributed by atoms with E-state index in [0.29, 0.717) is 30.1 Å². The van der Waals surface area contributed by atoms with Gasteiger partial charge in [-0.3, -0.25) is 14.5 Å². The second-order valence-electron chi connectivity index (χ2n) is 7.15. The molecular weight excluding hydrogens is 326 g/mol. The van der Waals surface area contributed by atoms with E-state index in [0.717, 1.165) is 5.56 Å². The quantitative estimate of drug-likeness (QED) is 0.710. The summed E-state index contributed by atoms with van der Waals surface area (Å²) < 4.78 is 6.00. The van der Waals surface area contributed by atoms with E-state index in [4.69, 9.17) is 4.74 Å². The number of hydrogen-bond acceptors (Lipinski definition) is 3. The Bertz CT molecular complexity index is 750. The molecule has 0 N–H and O–H groups in total. The van der Waals surface area contributed by atoms with Gasteiger partial charge in [0.1, 0.15) is 0 Å². The van der Waals surface area contributed by atoms with Crippen molar-refractivity contribution in [3.63, 3.8) is 0 Å². The van der Waals surface area contributed by atoms with Gasteiger partial charge >= 0.3 is 0 Å². The molecule has 0 saturated carbocycles. The van der Waals surface area contributed by atoms with E-state index in [1.807, 2.05) is 37.3 Å². The maximum atomic E-state index is 12.9. The predicted octanol–water partition coefficient (Wildman–Crippen LogP) is 3.96. The highest BCUT2D eigenvalue weighted by Crippen LogP contribution is 2.26. The van der Waals surface area contributed by atoms with Gasteiger partial charge in [-0.2, -0.15) is 0 Å². The molecule has 26 heavy (non-hydrogen) atoms. The van der Waals surface area contributed by atoms with Gasteiger partial charge < -0.3 is 4.74 Å². The summed E-state index contributed by atoms with van der Waals surface area (Å²) in [6, 6.07) is 16.6. The summed E-state index contributed by atoms with van der Waals surface area (Å²) in [4.78, 5) is 27.1. The topological polar surface area (TPSA) is 46.6 Å². The van der Waals surface area contributed by atoms with Crippen molar-refractivity contribution in [1.29, 1.82) is 0 Å². The van der Waals surface area contributed by atoms with E-state index in [9.17, 15) is 9.59 Å². The molecule has 1 aliphatic rings. The van der Waals surface area contributed by atoms with Crippen LogP contribution in [0.4, 0.5) is 0 Å². The molecule has 136 valence electrons. The SMILES string of the molecule is CC(C)C(C)OCC(Cc1ccccc1)N1C(=O)c2ccccc2C1=O. The lowest BCUT2D eigenvalue weighted by Crippen LogP contribution is -2.44. The average molecular weight is 351 g/mol. The van der Waals surface area contributed by atoms with Gasteiger partial charge in [-0.25, -0.2) is 0 Å². The van der Waals surface area contributed by atoms with Crippen molar-refractivity contribution in [2.24, 2.45) is 5.92 Å². The minimum Gasteiger partial charge on any atom is -0.376 e. The van der Waals surface area contributed by atoms with Crippen LogP contribution in [0.1, 0.15) is 47.1 Å². The summed E-state index contributed by atoms with van der Waals surface area (Å²) in [5.74, 6) is -0.0887. The van der Waals surface area contributed by atoms with Crippen LogP contribution >= 0.6 is 0 Å². The molecule has 4 nitrogen and oxygen atoms in total. The monoisotopic (exact) mass is 351 g/mol. The van der Waals surface area contributed by atoms with E-state index in [1.165, 1.54) is 4.90 Å². The first kappa shape index (κ1) is 18.3. The fourth-order valence-electron chi connectivity index (χ4n) is 3.11. The van der Waals surface area contributed by atoms with Crippen LogP contribution in [-0.2, 0) is 11.2 Å². The fourth-order valence-corrected chi connectivity index (χ4v) is 3.11. The molecule has 1 aliphatic heterocycles. The minimum absolute atomic E-state index is 0.0588. The van der Waals surface area contributed by atoms with Crippen molar-refractivity contribution in [3.05, 3.63) is 71.3 Å². The molecule has 2 aromatic carbocycles. The van der Waals surface area contributed by atoms with Crippen molar-refractivity contribution in [2.75, 3.05) is 6.61 Å². The van der Waals surface area contributed by atoms with Gasteiger partial charge in [-0.1, -0.05) is 56.3 Å². The highest BCUT2D eigenvalue weighted by molar-refractivity contribution is 6.21. The zero-order valence-corrected chi connectivity index (χ0v) is 15.5. The zero-order chi connectivity index (χ0) is 18.7. The van der Waals surface area contributed by atoms with Crippen molar-refractivity contribution >= 4 is 11.8 Å². The van der Waals surface area contributed by atoms with Crippen LogP contribution in [0.25, 0.3) is 0 Å². The molecule has 0 spiro atoms. The molecule has 2 amide bonds. The molecule has 2 unspecified atom stereocenters. The largest absolute Gasteiger partial charge is 0.376 e. The third-order valence-corrected chi connectivity index (χ3v) is 5.00. The van der Waals surface area contributed by atoms with Crippen molar-refractivity contribution in [2.45, 2.75) is 39.3 Å². The number of carbonyl (C=O) groups excluding carboxylic acids is 2. The number of nitrogens with zero attached hydrogens (tertiary/aromatic N) is 1. The standard InChI is InChI=1S/C22H25NO3/c1-15(2)16(3)26-14-18(13-17-9-5-4-6-10-17)23-21(24)19-11-7-8-12-20(19)22(23)25/h4-12,15-16,18H,13-14H2,1-3H3. The average Bonchev–Trinajstić information content (AvgIpc) is 2.90. The van der Waals surface area contributed by atoms with Crippen molar-refractivity contribution in [3.8, 4) is 0 Å². The number of imide groups is 1. The summed E-state index contributed by atoms with van der Waals surface area (Å²) >= 11 is 0. The Morgan fingerprint density at radius 3 is 1.92 bits per heavy atom. The lowest BCUT2D eigenvalue weighted by atomic mass is 10.0. The number of carbonyl (C=O) groups is 2. The third-order valence-electron chi connectivity index (χ3n) is 5.00. The smallest absolute Gasteiger partial charge is 0.261 e. The van der Waals surface area contributed by atoms with E-state index >= 15 is 0 Å². The number of fused-ring (bicyclic) bond motifs is 1. The predicted molar refractivity (Wildman–Crippen MR) is 101 cm³/mol. The van der Waals surface area contributed by atoms with Crippen LogP contribution in [-0.4, -0.2) is 35.5 Å². The Balaban J connectivity index is 1.85. The fraction of sp³-hybridized carbons (Fsp3) is 0.364. The molecule has 2 atom stereocenters. The summed E-state index contributed by atoms with van der Waals surface area (Å²) in [6.45, 7) is 6.55. The van der Waals surface area contributed by atoms with Gasteiger partial charge in [0.15, 0.2) is 0 Å². The van der Waals surface area contributed by atoms with E-state index in [2.05, 4.69) is 13.8 Å². The van der Waals surface area contributed by atoms with Gasteiger partial charge in [0.25, 0.3) is 11.8 Å². The molecule has 0 fully saturated rings. The Labute approximate surface area is 154 Å². The Morgan fingerprint density at radius 2 is 1.38 bits per heavy atom. The Morgan fingerprint density at radius 1 is 0.846 bits per heavy atom. The third kappa shape index (κ3) is 3.70. The number of rotatable bonds is 7. The molecule has 0 aliphatic carbocycles. The minimum atomic E-state index is -0.328. The Kier molecular flexibility index (Phi) is 5.52. The summed E-state index contributed by atoms with van der Waals surface area (Å²) in [5, 5.41) is 0. The second-order valence-corrected chi connectivity index (χ2v) is 7.15. The molecule has 1 heterocycles. The molecule has 0 aromatic heterocycles. The van der Waals surface area contributed by atoms with E-state index in [-0.39, 0.29) is 24.0 Å². The first-order chi connectivity index (χ1) is 12.5. The first-order valence-corrected chi connectivity index (χ1v) is 9.11. The number of ether oxygens (including phenoxy) is 1. The number of hydrogen-bond donors (Lipinski definition) is 0. The van der Waals surface area contributed by atoms with Crippen LogP contribution in [0.3, 0.4) is 0 Å². The molecule has 2 aromatic rings. The van der Waals surface area contributed by atoms with Crippen molar-refractivity contribution < 1.29 is 14.3 Å². The van der Waals surface area contributed by atoms with Crippen molar-refractivity contribution in [1.82, 2.24) is 4.90 Å². The van der Waals surface area contributed by atoms with Crippen LogP contribution < -0.4 is 0 Å². The molecule has 4 heteroatoms. The molecule has 0 bridgehead atoms. The van der Waals surface area contributed by atoms with Gasteiger partial charge in [0.2, 0.25) is 0 Å². The normalized spacial score (nSPS) is 16.1. The lowest BCUT2D eigenvalue weighted by Gasteiger charge is -2.28. The maximum absolute atomic E-state index is 12.9. The lowest BCUT2D eigenvalue weighted by molar-refractivity contribution is 0.00104. The first-order valence-electron chi connectivity index (χ1n) is 9.11.